The van der Waals surface area contributed by atoms with Gasteiger partial charge in [-0.25, -0.2) is 0 Å². The van der Waals surface area contributed by atoms with Crippen LogP contribution >= 0.6 is 0 Å². The molecule has 0 amide bonds. The molecule has 1 aromatic heterocycles. The molecule has 21 heavy (non-hydrogen) atoms. The first-order valence-corrected chi connectivity index (χ1v) is 6.80. The highest BCUT2D eigenvalue weighted by Gasteiger charge is 2.05. The summed E-state index contributed by atoms with van der Waals surface area (Å²) in [6.07, 6.45) is 0. The Hall–Kier alpha value is -2.69. The number of nitrogens with two attached hydrogens (primary N) is 1. The van der Waals surface area contributed by atoms with Crippen molar-refractivity contribution in [1.82, 2.24) is 4.98 Å². The van der Waals surface area contributed by atoms with E-state index in [0.29, 0.717) is 30.4 Å². The Kier molecular flexibility index (Phi) is 3.64. The summed E-state index contributed by atoms with van der Waals surface area (Å²) < 4.78 is 11.2. The molecular weight excluding hydrogens is 266 g/mol. The minimum atomic E-state index is 0.475. The van der Waals surface area contributed by atoms with Gasteiger partial charge in [0.25, 0.3) is 6.01 Å². The van der Waals surface area contributed by atoms with Gasteiger partial charge in [0.1, 0.15) is 17.9 Å². The van der Waals surface area contributed by atoms with Gasteiger partial charge in [-0.05, 0) is 42.8 Å². The summed E-state index contributed by atoms with van der Waals surface area (Å²) in [6.45, 7) is 3.18. The lowest BCUT2D eigenvalue weighted by molar-refractivity contribution is 0.331. The summed E-state index contributed by atoms with van der Waals surface area (Å²) in [7, 11) is 0. The number of hydrogen-bond donors (Lipinski definition) is 2. The number of nitrogens with one attached hydrogen (secondary N) is 1. The van der Waals surface area contributed by atoms with Crippen molar-refractivity contribution in [2.24, 2.45) is 0 Å². The quantitative estimate of drug-likeness (QED) is 0.555. The second-order valence-electron chi connectivity index (χ2n) is 4.84. The highest BCUT2D eigenvalue weighted by atomic mass is 16.5. The molecule has 3 aromatic rings. The van der Waals surface area contributed by atoms with Gasteiger partial charge in [-0.2, -0.15) is 4.98 Å². The first-order valence-electron chi connectivity index (χ1n) is 6.80. The third-order valence-corrected chi connectivity index (χ3v) is 3.05. The molecule has 108 valence electrons. The molecule has 2 aromatic carbocycles. The molecule has 3 rings (SSSR count). The summed E-state index contributed by atoms with van der Waals surface area (Å²) in [5.41, 5.74) is 9.02. The Morgan fingerprint density at radius 2 is 2.14 bits per heavy atom. The molecule has 0 fully saturated rings. The lowest BCUT2D eigenvalue weighted by Crippen LogP contribution is -2.11. The molecule has 0 spiro atoms. The number of benzene rings is 2. The molecule has 0 radical (unpaired) electrons. The number of ether oxygens (including phenoxy) is 1. The van der Waals surface area contributed by atoms with E-state index < -0.39 is 0 Å². The van der Waals surface area contributed by atoms with Crippen LogP contribution in [-0.4, -0.2) is 18.1 Å². The number of aromatic nitrogens is 1. The predicted molar refractivity (Wildman–Crippen MR) is 83.6 cm³/mol. The SMILES string of the molecule is Cc1cccc(OCCNc2nc3cc(N)ccc3o2)c1. The molecule has 5 nitrogen and oxygen atoms in total. The van der Waals surface area contributed by atoms with Crippen LogP contribution in [0.4, 0.5) is 11.7 Å². The summed E-state index contributed by atoms with van der Waals surface area (Å²) >= 11 is 0. The first-order chi connectivity index (χ1) is 10.2. The van der Waals surface area contributed by atoms with Crippen LogP contribution in [0.1, 0.15) is 5.56 Å². The molecule has 0 aliphatic rings. The molecule has 0 atom stereocenters. The Labute approximate surface area is 122 Å². The standard InChI is InChI=1S/C16H17N3O2/c1-11-3-2-4-13(9-11)20-8-7-18-16-19-14-10-12(17)5-6-15(14)21-16/h2-6,9-10H,7-8,17H2,1H3,(H,18,19). The molecular formula is C16H17N3O2. The molecule has 1 heterocycles. The molecule has 0 bridgehead atoms. The minimum Gasteiger partial charge on any atom is -0.492 e. The van der Waals surface area contributed by atoms with E-state index in [4.69, 9.17) is 14.9 Å². The van der Waals surface area contributed by atoms with E-state index in [1.54, 1.807) is 12.1 Å². The number of rotatable bonds is 5. The fourth-order valence-corrected chi connectivity index (χ4v) is 2.05. The van der Waals surface area contributed by atoms with Crippen LogP contribution < -0.4 is 15.8 Å². The number of anilines is 2. The van der Waals surface area contributed by atoms with E-state index in [9.17, 15) is 0 Å². The van der Waals surface area contributed by atoms with Gasteiger partial charge in [-0.1, -0.05) is 12.1 Å². The van der Waals surface area contributed by atoms with Crippen LogP contribution in [-0.2, 0) is 0 Å². The van der Waals surface area contributed by atoms with Gasteiger partial charge in [-0.3, -0.25) is 0 Å². The molecule has 5 heteroatoms. The maximum absolute atomic E-state index is 5.71. The van der Waals surface area contributed by atoms with Gasteiger partial charge < -0.3 is 20.2 Å². The van der Waals surface area contributed by atoms with Gasteiger partial charge in [-0.15, -0.1) is 0 Å². The summed E-state index contributed by atoms with van der Waals surface area (Å²) in [6, 6.07) is 13.8. The average molecular weight is 283 g/mol. The van der Waals surface area contributed by atoms with Crippen LogP contribution in [0, 0.1) is 6.92 Å². The summed E-state index contributed by atoms with van der Waals surface area (Å²) in [5, 5.41) is 3.09. The maximum atomic E-state index is 5.71. The molecule has 0 saturated carbocycles. The van der Waals surface area contributed by atoms with Crippen molar-refractivity contribution in [2.75, 3.05) is 24.2 Å². The van der Waals surface area contributed by atoms with Crippen LogP contribution in [0.15, 0.2) is 46.9 Å². The van der Waals surface area contributed by atoms with Crippen molar-refractivity contribution in [3.05, 3.63) is 48.0 Å². The van der Waals surface area contributed by atoms with Crippen molar-refractivity contribution in [3.8, 4) is 5.75 Å². The number of aryl methyl sites for hydroxylation is 1. The van der Waals surface area contributed by atoms with Crippen molar-refractivity contribution < 1.29 is 9.15 Å². The van der Waals surface area contributed by atoms with Crippen molar-refractivity contribution in [3.63, 3.8) is 0 Å². The lowest BCUT2D eigenvalue weighted by Gasteiger charge is -2.06. The number of nitrogens with zero attached hydrogens (tertiary/aromatic N) is 1. The largest absolute Gasteiger partial charge is 0.492 e. The van der Waals surface area contributed by atoms with Crippen LogP contribution in [0.5, 0.6) is 5.75 Å². The monoisotopic (exact) mass is 283 g/mol. The van der Waals surface area contributed by atoms with Crippen molar-refractivity contribution >= 4 is 22.8 Å². The van der Waals surface area contributed by atoms with Gasteiger partial charge in [0.2, 0.25) is 0 Å². The molecule has 3 N–H and O–H groups in total. The van der Waals surface area contributed by atoms with E-state index in [-0.39, 0.29) is 0 Å². The minimum absolute atomic E-state index is 0.475. The molecule has 0 unspecified atom stereocenters. The van der Waals surface area contributed by atoms with Crippen LogP contribution in [0.25, 0.3) is 11.1 Å². The van der Waals surface area contributed by atoms with Crippen LogP contribution in [0.2, 0.25) is 0 Å². The fraction of sp³-hybridized carbons (Fsp3) is 0.188. The van der Waals surface area contributed by atoms with Gasteiger partial charge in [0.15, 0.2) is 5.58 Å². The lowest BCUT2D eigenvalue weighted by atomic mass is 10.2. The van der Waals surface area contributed by atoms with Crippen molar-refractivity contribution in [2.45, 2.75) is 6.92 Å². The smallest absolute Gasteiger partial charge is 0.295 e. The zero-order valence-corrected chi connectivity index (χ0v) is 11.8. The molecule has 0 saturated heterocycles. The Bertz CT molecular complexity index is 752. The Morgan fingerprint density at radius 1 is 1.24 bits per heavy atom. The number of oxazole rings is 1. The average Bonchev–Trinajstić information content (AvgIpc) is 2.85. The van der Waals surface area contributed by atoms with E-state index >= 15 is 0 Å². The predicted octanol–water partition coefficient (Wildman–Crippen LogP) is 3.21. The van der Waals surface area contributed by atoms with Gasteiger partial charge in [0.05, 0.1) is 6.54 Å². The normalized spacial score (nSPS) is 10.7. The summed E-state index contributed by atoms with van der Waals surface area (Å²) in [4.78, 5) is 4.32. The number of hydrogen-bond acceptors (Lipinski definition) is 5. The third kappa shape index (κ3) is 3.25. The maximum Gasteiger partial charge on any atom is 0.295 e. The topological polar surface area (TPSA) is 73.3 Å². The molecule has 0 aliphatic carbocycles. The van der Waals surface area contributed by atoms with Gasteiger partial charge in [0, 0.05) is 5.69 Å². The van der Waals surface area contributed by atoms with E-state index in [1.807, 2.05) is 37.3 Å². The van der Waals surface area contributed by atoms with Gasteiger partial charge >= 0.3 is 0 Å². The highest BCUT2D eigenvalue weighted by Crippen LogP contribution is 2.20. The highest BCUT2D eigenvalue weighted by molar-refractivity contribution is 5.78. The van der Waals surface area contributed by atoms with E-state index in [1.165, 1.54) is 5.56 Å². The van der Waals surface area contributed by atoms with Crippen molar-refractivity contribution in [1.29, 1.82) is 0 Å². The Balaban J connectivity index is 1.54. The third-order valence-electron chi connectivity index (χ3n) is 3.05. The second-order valence-corrected chi connectivity index (χ2v) is 4.84. The second kappa shape index (κ2) is 5.75. The zero-order valence-electron chi connectivity index (χ0n) is 11.8. The van der Waals surface area contributed by atoms with E-state index in [2.05, 4.69) is 10.3 Å². The Morgan fingerprint density at radius 3 is 3.00 bits per heavy atom. The number of fused-ring (bicyclic) bond motifs is 1. The molecule has 0 aliphatic heterocycles. The number of nitrogen functional groups attached to an aromatic ring is 1. The fourth-order valence-electron chi connectivity index (χ4n) is 2.05. The zero-order chi connectivity index (χ0) is 14.7. The van der Waals surface area contributed by atoms with E-state index in [0.717, 1.165) is 11.3 Å². The first kappa shape index (κ1) is 13.3. The van der Waals surface area contributed by atoms with Crippen LogP contribution in [0.3, 0.4) is 0 Å². The summed E-state index contributed by atoms with van der Waals surface area (Å²) in [5.74, 6) is 0.863.